The molecule has 1 N–H and O–H groups in total. The Bertz CT molecular complexity index is 431. The smallest absolute Gasteiger partial charge is 0.278 e. The zero-order chi connectivity index (χ0) is 11.7. The summed E-state index contributed by atoms with van der Waals surface area (Å²) in [4.78, 5) is 23.1. The van der Waals surface area contributed by atoms with Crippen LogP contribution < -0.4 is 10.3 Å². The van der Waals surface area contributed by atoms with Crippen molar-refractivity contribution in [3.05, 3.63) is 34.4 Å². The lowest BCUT2D eigenvalue weighted by Crippen LogP contribution is -2.31. The number of rotatable bonds is 2. The van der Waals surface area contributed by atoms with Crippen LogP contribution in [0.1, 0.15) is 0 Å². The first-order valence-electron chi connectivity index (χ1n) is 4.63. The summed E-state index contributed by atoms with van der Waals surface area (Å²) in [6.07, 6.45) is 0. The Balaban J connectivity index is 2.22. The molecule has 1 fully saturated rings. The molecule has 1 aliphatic heterocycles. The number of hydrazine groups is 1. The molecule has 1 aromatic carbocycles. The molecule has 1 aliphatic rings. The van der Waals surface area contributed by atoms with Gasteiger partial charge in [-0.2, -0.15) is 0 Å². The maximum absolute atomic E-state index is 11.6. The first-order chi connectivity index (χ1) is 7.59. The minimum absolute atomic E-state index is 0.0108. The third-order valence-electron chi connectivity index (χ3n) is 2.36. The van der Waals surface area contributed by atoms with Crippen LogP contribution in [0.5, 0.6) is 0 Å². The molecule has 1 saturated heterocycles. The van der Waals surface area contributed by atoms with Crippen LogP contribution in [0.25, 0.3) is 0 Å². The number of nitrogens with zero attached hydrogens (tertiary/aromatic N) is 3. The summed E-state index contributed by atoms with van der Waals surface area (Å²) >= 11 is 0. The van der Waals surface area contributed by atoms with Gasteiger partial charge in [-0.1, -0.05) is 0 Å². The second-order valence-corrected chi connectivity index (χ2v) is 3.36. The number of carbonyl (C=O) groups is 1. The van der Waals surface area contributed by atoms with Gasteiger partial charge < -0.3 is 0 Å². The standard InChI is InChI=1S/C9H10N4O3/c1-11-9(14)12(6-10-11)7-2-4-8(5-3-7)13(15)16/h2-5,10H,6H2,1H3. The summed E-state index contributed by atoms with van der Waals surface area (Å²) in [5, 5.41) is 11.8. The second-order valence-electron chi connectivity index (χ2n) is 3.36. The first kappa shape index (κ1) is 10.4. The van der Waals surface area contributed by atoms with E-state index in [-0.39, 0.29) is 11.7 Å². The van der Waals surface area contributed by atoms with Crippen LogP contribution in [0, 0.1) is 10.1 Å². The van der Waals surface area contributed by atoms with Gasteiger partial charge in [0.1, 0.15) is 0 Å². The number of anilines is 1. The first-order valence-corrected chi connectivity index (χ1v) is 4.63. The SMILES string of the molecule is CN1NCN(c2ccc([N+](=O)[O-])cc2)C1=O. The number of nitro groups is 1. The molecule has 0 atom stereocenters. The highest BCUT2D eigenvalue weighted by molar-refractivity contribution is 5.93. The average Bonchev–Trinajstić information content (AvgIpc) is 2.60. The largest absolute Gasteiger partial charge is 0.339 e. The van der Waals surface area contributed by atoms with Gasteiger partial charge in [-0.3, -0.25) is 20.0 Å². The summed E-state index contributed by atoms with van der Waals surface area (Å²) in [5.74, 6) is 0. The Morgan fingerprint density at radius 3 is 2.44 bits per heavy atom. The molecule has 1 heterocycles. The van der Waals surface area contributed by atoms with Crippen molar-refractivity contribution in [1.29, 1.82) is 0 Å². The molecule has 0 aliphatic carbocycles. The van der Waals surface area contributed by atoms with Crippen molar-refractivity contribution in [2.24, 2.45) is 0 Å². The van der Waals surface area contributed by atoms with Gasteiger partial charge in [0.25, 0.3) is 5.69 Å². The molecule has 1 aromatic rings. The zero-order valence-corrected chi connectivity index (χ0v) is 8.58. The van der Waals surface area contributed by atoms with E-state index < -0.39 is 4.92 Å². The monoisotopic (exact) mass is 222 g/mol. The number of hydrogen-bond acceptors (Lipinski definition) is 4. The minimum Gasteiger partial charge on any atom is -0.278 e. The summed E-state index contributed by atoms with van der Waals surface area (Å²) in [6.45, 7) is 0.368. The van der Waals surface area contributed by atoms with E-state index in [0.29, 0.717) is 12.4 Å². The highest BCUT2D eigenvalue weighted by atomic mass is 16.6. The van der Waals surface area contributed by atoms with Crippen LogP contribution in [0.2, 0.25) is 0 Å². The van der Waals surface area contributed by atoms with Gasteiger partial charge in [0.15, 0.2) is 0 Å². The van der Waals surface area contributed by atoms with Crippen LogP contribution in [-0.4, -0.2) is 29.7 Å². The fourth-order valence-corrected chi connectivity index (χ4v) is 1.45. The van der Waals surface area contributed by atoms with E-state index in [4.69, 9.17) is 0 Å². The summed E-state index contributed by atoms with van der Waals surface area (Å²) in [6, 6.07) is 5.67. The quantitative estimate of drug-likeness (QED) is 0.596. The predicted octanol–water partition coefficient (Wildman–Crippen LogP) is 0.929. The Hall–Kier alpha value is -2.15. The number of carbonyl (C=O) groups excluding carboxylic acids is 1. The molecule has 0 unspecified atom stereocenters. The van der Waals surface area contributed by atoms with Gasteiger partial charge in [0.2, 0.25) is 0 Å². The Kier molecular flexibility index (Phi) is 2.45. The van der Waals surface area contributed by atoms with Crippen LogP contribution in [-0.2, 0) is 0 Å². The zero-order valence-electron chi connectivity index (χ0n) is 8.58. The van der Waals surface area contributed by atoms with E-state index in [9.17, 15) is 14.9 Å². The fourth-order valence-electron chi connectivity index (χ4n) is 1.45. The molecule has 84 valence electrons. The van der Waals surface area contributed by atoms with E-state index in [1.165, 1.54) is 22.0 Å². The van der Waals surface area contributed by atoms with Crippen molar-refractivity contribution >= 4 is 17.4 Å². The number of nitrogens with one attached hydrogen (secondary N) is 1. The number of urea groups is 1. The predicted molar refractivity (Wildman–Crippen MR) is 56.7 cm³/mol. The molecule has 0 radical (unpaired) electrons. The maximum Gasteiger partial charge on any atom is 0.339 e. The molecular formula is C9H10N4O3. The van der Waals surface area contributed by atoms with E-state index in [1.54, 1.807) is 19.2 Å². The van der Waals surface area contributed by atoms with Crippen molar-refractivity contribution in [2.45, 2.75) is 0 Å². The molecular weight excluding hydrogens is 212 g/mol. The van der Waals surface area contributed by atoms with Gasteiger partial charge in [-0.15, -0.1) is 0 Å². The van der Waals surface area contributed by atoms with Gasteiger partial charge in [-0.05, 0) is 12.1 Å². The molecule has 2 rings (SSSR count). The molecule has 0 aromatic heterocycles. The van der Waals surface area contributed by atoms with Crippen molar-refractivity contribution in [3.8, 4) is 0 Å². The highest BCUT2D eigenvalue weighted by Gasteiger charge is 2.26. The second kappa shape index (κ2) is 3.78. The van der Waals surface area contributed by atoms with Gasteiger partial charge in [-0.25, -0.2) is 10.2 Å². The Morgan fingerprint density at radius 2 is 2.00 bits per heavy atom. The topological polar surface area (TPSA) is 78.7 Å². The molecule has 0 spiro atoms. The highest BCUT2D eigenvalue weighted by Crippen LogP contribution is 2.21. The van der Waals surface area contributed by atoms with Gasteiger partial charge in [0, 0.05) is 24.9 Å². The average molecular weight is 222 g/mol. The minimum atomic E-state index is -0.472. The third kappa shape index (κ3) is 1.68. The molecule has 2 amide bonds. The number of non-ortho nitro benzene ring substituents is 1. The third-order valence-corrected chi connectivity index (χ3v) is 2.36. The molecule has 0 saturated carbocycles. The van der Waals surface area contributed by atoms with E-state index in [1.807, 2.05) is 0 Å². The maximum atomic E-state index is 11.6. The molecule has 7 nitrogen and oxygen atoms in total. The summed E-state index contributed by atoms with van der Waals surface area (Å²) in [5.41, 5.74) is 3.47. The Labute approximate surface area is 91.4 Å². The summed E-state index contributed by atoms with van der Waals surface area (Å²) in [7, 11) is 1.62. The summed E-state index contributed by atoms with van der Waals surface area (Å²) < 4.78 is 0. The lowest BCUT2D eigenvalue weighted by molar-refractivity contribution is -0.384. The molecule has 16 heavy (non-hydrogen) atoms. The number of benzene rings is 1. The Morgan fingerprint density at radius 1 is 1.38 bits per heavy atom. The van der Waals surface area contributed by atoms with Crippen molar-refractivity contribution < 1.29 is 9.72 Å². The van der Waals surface area contributed by atoms with Crippen LogP contribution in [0.3, 0.4) is 0 Å². The fraction of sp³-hybridized carbons (Fsp3) is 0.222. The van der Waals surface area contributed by atoms with E-state index in [2.05, 4.69) is 5.43 Å². The molecule has 0 bridgehead atoms. The van der Waals surface area contributed by atoms with Gasteiger partial charge >= 0.3 is 6.03 Å². The lowest BCUT2D eigenvalue weighted by Gasteiger charge is -2.13. The normalized spacial score (nSPS) is 15.7. The van der Waals surface area contributed by atoms with Crippen LogP contribution in [0.15, 0.2) is 24.3 Å². The number of nitro benzene ring substituents is 1. The number of hydrogen-bond donors (Lipinski definition) is 1. The van der Waals surface area contributed by atoms with Crippen molar-refractivity contribution in [3.63, 3.8) is 0 Å². The van der Waals surface area contributed by atoms with E-state index in [0.717, 1.165) is 0 Å². The van der Waals surface area contributed by atoms with Crippen LogP contribution in [0.4, 0.5) is 16.2 Å². The van der Waals surface area contributed by atoms with Crippen LogP contribution >= 0.6 is 0 Å². The van der Waals surface area contributed by atoms with Gasteiger partial charge in [0.05, 0.1) is 11.6 Å². The van der Waals surface area contributed by atoms with Crippen molar-refractivity contribution in [2.75, 3.05) is 18.6 Å². The number of amides is 2. The lowest BCUT2D eigenvalue weighted by atomic mass is 10.2. The van der Waals surface area contributed by atoms with Crippen molar-refractivity contribution in [1.82, 2.24) is 10.4 Å². The van der Waals surface area contributed by atoms with E-state index >= 15 is 0 Å². The molecule has 7 heteroatoms.